The average molecular weight is 265 g/mol. The number of carbonyl (C=O) groups is 1. The van der Waals surface area contributed by atoms with E-state index in [1.807, 2.05) is 13.1 Å². The minimum Gasteiger partial charge on any atom is -0.468 e. The van der Waals surface area contributed by atoms with Crippen LogP contribution in [0.1, 0.15) is 38.6 Å². The molecule has 2 rings (SSSR count). The predicted octanol–water partition coefficient (Wildman–Crippen LogP) is 1.64. The van der Waals surface area contributed by atoms with Crippen molar-refractivity contribution in [2.45, 2.75) is 45.2 Å². The minimum absolute atomic E-state index is 0.151. The van der Waals surface area contributed by atoms with Gasteiger partial charge in [-0.15, -0.1) is 0 Å². The number of aryl methyl sites for hydroxylation is 1. The number of rotatable bonds is 4. The summed E-state index contributed by atoms with van der Waals surface area (Å²) in [5, 5.41) is 0. The third kappa shape index (κ3) is 2.97. The van der Waals surface area contributed by atoms with Gasteiger partial charge in [-0.3, -0.25) is 9.69 Å². The van der Waals surface area contributed by atoms with Crippen LogP contribution < -0.4 is 0 Å². The number of piperidine rings is 1. The third-order valence-corrected chi connectivity index (χ3v) is 3.98. The molecule has 0 bridgehead atoms. The normalized spacial score (nSPS) is 22.2. The lowest BCUT2D eigenvalue weighted by atomic mass is 10.0. The van der Waals surface area contributed by atoms with Gasteiger partial charge in [-0.1, -0.05) is 6.92 Å². The highest BCUT2D eigenvalue weighted by molar-refractivity contribution is 5.75. The largest absolute Gasteiger partial charge is 0.468 e. The monoisotopic (exact) mass is 265 g/mol. The Balaban J connectivity index is 2.07. The van der Waals surface area contributed by atoms with Gasteiger partial charge in [0.15, 0.2) is 0 Å². The fourth-order valence-corrected chi connectivity index (χ4v) is 2.83. The number of hydrogen-bond donors (Lipinski definition) is 0. The molecule has 1 saturated heterocycles. The first-order chi connectivity index (χ1) is 9.17. The van der Waals surface area contributed by atoms with Crippen molar-refractivity contribution in [3.05, 3.63) is 18.2 Å². The van der Waals surface area contributed by atoms with Gasteiger partial charge in [0.2, 0.25) is 0 Å². The number of hydrogen-bond acceptors (Lipinski definition) is 4. The van der Waals surface area contributed by atoms with E-state index >= 15 is 0 Å². The SMILES string of the molecule is CCc1nccn1[C@@H]1CCCN([C@@H](C)C(=O)OC)C1. The van der Waals surface area contributed by atoms with E-state index in [0.717, 1.165) is 38.2 Å². The summed E-state index contributed by atoms with van der Waals surface area (Å²) in [5.41, 5.74) is 0. The molecule has 0 radical (unpaired) electrons. The van der Waals surface area contributed by atoms with Crippen LogP contribution in [0.15, 0.2) is 12.4 Å². The quantitative estimate of drug-likeness (QED) is 0.777. The summed E-state index contributed by atoms with van der Waals surface area (Å²) in [6, 6.07) is 0.250. The first-order valence-electron chi connectivity index (χ1n) is 7.01. The Morgan fingerprint density at radius 1 is 1.63 bits per heavy atom. The van der Waals surface area contributed by atoms with Crippen LogP contribution in [0.5, 0.6) is 0 Å². The van der Waals surface area contributed by atoms with E-state index in [9.17, 15) is 4.79 Å². The maximum absolute atomic E-state index is 11.6. The van der Waals surface area contributed by atoms with E-state index in [-0.39, 0.29) is 12.0 Å². The molecule has 5 heteroatoms. The molecule has 1 aliphatic heterocycles. The van der Waals surface area contributed by atoms with Crippen LogP contribution in [0.25, 0.3) is 0 Å². The van der Waals surface area contributed by atoms with Crippen molar-refractivity contribution in [3.8, 4) is 0 Å². The molecule has 1 aliphatic rings. The minimum atomic E-state index is -0.165. The number of nitrogens with zero attached hydrogens (tertiary/aromatic N) is 3. The molecule has 0 saturated carbocycles. The molecule has 5 nitrogen and oxygen atoms in total. The molecular formula is C14H23N3O2. The molecule has 2 atom stereocenters. The lowest BCUT2D eigenvalue weighted by Crippen LogP contribution is -2.46. The maximum atomic E-state index is 11.6. The molecule has 2 heterocycles. The zero-order valence-electron chi connectivity index (χ0n) is 12.0. The van der Waals surface area contributed by atoms with E-state index in [4.69, 9.17) is 4.74 Å². The summed E-state index contributed by atoms with van der Waals surface area (Å²) < 4.78 is 7.10. The third-order valence-electron chi connectivity index (χ3n) is 3.98. The second-order valence-electron chi connectivity index (χ2n) is 5.09. The first-order valence-corrected chi connectivity index (χ1v) is 7.01. The number of aromatic nitrogens is 2. The molecule has 0 spiro atoms. The van der Waals surface area contributed by atoms with Crippen molar-refractivity contribution < 1.29 is 9.53 Å². The second-order valence-corrected chi connectivity index (χ2v) is 5.09. The number of likely N-dealkylation sites (tertiary alicyclic amines) is 1. The van der Waals surface area contributed by atoms with E-state index in [2.05, 4.69) is 27.6 Å². The lowest BCUT2D eigenvalue weighted by Gasteiger charge is -2.36. The van der Waals surface area contributed by atoms with E-state index in [1.165, 1.54) is 7.11 Å². The average Bonchev–Trinajstić information content (AvgIpc) is 2.94. The van der Waals surface area contributed by atoms with Crippen LogP contribution in [-0.2, 0) is 16.0 Å². The summed E-state index contributed by atoms with van der Waals surface area (Å²) >= 11 is 0. The summed E-state index contributed by atoms with van der Waals surface area (Å²) in [5.74, 6) is 0.972. The van der Waals surface area contributed by atoms with Crippen LogP contribution >= 0.6 is 0 Å². The molecule has 0 aromatic carbocycles. The highest BCUT2D eigenvalue weighted by Gasteiger charge is 2.29. The Morgan fingerprint density at radius 2 is 2.42 bits per heavy atom. The molecular weight excluding hydrogens is 242 g/mol. The van der Waals surface area contributed by atoms with Gasteiger partial charge in [0.1, 0.15) is 11.9 Å². The molecule has 19 heavy (non-hydrogen) atoms. The molecule has 0 unspecified atom stereocenters. The first kappa shape index (κ1) is 14.1. The van der Waals surface area contributed by atoms with Crippen molar-refractivity contribution in [2.24, 2.45) is 0 Å². The Bertz CT molecular complexity index is 430. The lowest BCUT2D eigenvalue weighted by molar-refractivity contribution is -0.146. The van der Waals surface area contributed by atoms with E-state index < -0.39 is 0 Å². The van der Waals surface area contributed by atoms with Gasteiger partial charge in [-0.05, 0) is 26.3 Å². The van der Waals surface area contributed by atoms with Crippen LogP contribution in [0, 0.1) is 0 Å². The molecule has 1 fully saturated rings. The summed E-state index contributed by atoms with van der Waals surface area (Å²) in [7, 11) is 1.45. The Kier molecular flexibility index (Phi) is 4.58. The number of methoxy groups -OCH3 is 1. The van der Waals surface area contributed by atoms with Crippen molar-refractivity contribution in [1.82, 2.24) is 14.5 Å². The highest BCUT2D eigenvalue weighted by Crippen LogP contribution is 2.24. The molecule has 106 valence electrons. The second kappa shape index (κ2) is 6.19. The molecule has 0 amide bonds. The van der Waals surface area contributed by atoms with Crippen molar-refractivity contribution in [2.75, 3.05) is 20.2 Å². The van der Waals surface area contributed by atoms with Gasteiger partial charge >= 0.3 is 5.97 Å². The fraction of sp³-hybridized carbons (Fsp3) is 0.714. The van der Waals surface area contributed by atoms with Gasteiger partial charge < -0.3 is 9.30 Å². The zero-order chi connectivity index (χ0) is 13.8. The Hall–Kier alpha value is -1.36. The summed E-state index contributed by atoms with van der Waals surface area (Å²) in [6.45, 7) is 5.89. The van der Waals surface area contributed by atoms with Crippen LogP contribution in [0.4, 0.5) is 0 Å². The number of carbonyl (C=O) groups excluding carboxylic acids is 1. The fourth-order valence-electron chi connectivity index (χ4n) is 2.83. The van der Waals surface area contributed by atoms with Crippen LogP contribution in [0.3, 0.4) is 0 Å². The van der Waals surface area contributed by atoms with Crippen molar-refractivity contribution in [3.63, 3.8) is 0 Å². The molecule has 0 aliphatic carbocycles. The topological polar surface area (TPSA) is 47.4 Å². The van der Waals surface area contributed by atoms with E-state index in [0.29, 0.717) is 6.04 Å². The maximum Gasteiger partial charge on any atom is 0.322 e. The van der Waals surface area contributed by atoms with Gasteiger partial charge in [0, 0.05) is 31.4 Å². The molecule has 1 aromatic heterocycles. The van der Waals surface area contributed by atoms with E-state index in [1.54, 1.807) is 0 Å². The number of esters is 1. The number of ether oxygens (including phenoxy) is 1. The summed E-state index contributed by atoms with van der Waals surface area (Å²) in [4.78, 5) is 18.2. The standard InChI is InChI=1S/C14H23N3O2/c1-4-13-15-7-9-17(13)12-6-5-8-16(10-12)11(2)14(18)19-3/h7,9,11-12H,4-6,8,10H2,1-3H3/t11-,12+/m0/s1. The van der Waals surface area contributed by atoms with Crippen molar-refractivity contribution >= 4 is 5.97 Å². The number of imidazole rings is 1. The highest BCUT2D eigenvalue weighted by atomic mass is 16.5. The van der Waals surface area contributed by atoms with Gasteiger partial charge in [-0.25, -0.2) is 4.98 Å². The molecule has 0 N–H and O–H groups in total. The van der Waals surface area contributed by atoms with Crippen LogP contribution in [-0.4, -0.2) is 46.7 Å². The zero-order valence-corrected chi connectivity index (χ0v) is 12.0. The van der Waals surface area contributed by atoms with Crippen LogP contribution in [0.2, 0.25) is 0 Å². The van der Waals surface area contributed by atoms with Gasteiger partial charge in [0.05, 0.1) is 7.11 Å². The van der Waals surface area contributed by atoms with Gasteiger partial charge in [0.25, 0.3) is 0 Å². The Morgan fingerprint density at radius 3 is 3.11 bits per heavy atom. The smallest absolute Gasteiger partial charge is 0.322 e. The predicted molar refractivity (Wildman–Crippen MR) is 72.9 cm³/mol. The molecule has 1 aromatic rings. The van der Waals surface area contributed by atoms with Crippen molar-refractivity contribution in [1.29, 1.82) is 0 Å². The Labute approximate surface area is 114 Å². The summed E-state index contributed by atoms with van der Waals surface area (Å²) in [6.07, 6.45) is 7.11. The van der Waals surface area contributed by atoms with Gasteiger partial charge in [-0.2, -0.15) is 0 Å².